The zero-order valence-corrected chi connectivity index (χ0v) is 16.0. The fraction of sp³-hybridized carbons (Fsp3) is 0.476. The first-order valence-corrected chi connectivity index (χ1v) is 9.52. The minimum Gasteiger partial charge on any atom is -0.356 e. The predicted molar refractivity (Wildman–Crippen MR) is 105 cm³/mol. The van der Waals surface area contributed by atoms with Crippen molar-refractivity contribution in [3.8, 4) is 11.4 Å². The Bertz CT molecular complexity index is 766. The highest BCUT2D eigenvalue weighted by Gasteiger charge is 2.22. The van der Waals surface area contributed by atoms with Gasteiger partial charge in [0.05, 0.1) is 0 Å². The van der Waals surface area contributed by atoms with Gasteiger partial charge < -0.3 is 10.2 Å². The lowest BCUT2D eigenvalue weighted by molar-refractivity contribution is 0.0948. The van der Waals surface area contributed by atoms with Gasteiger partial charge >= 0.3 is 0 Å². The summed E-state index contributed by atoms with van der Waals surface area (Å²) in [5, 5.41) is 3.00. The highest BCUT2D eigenvalue weighted by atomic mass is 16.1. The molecule has 5 nitrogen and oxygen atoms in total. The monoisotopic (exact) mass is 352 g/mol. The molecule has 1 fully saturated rings. The SMILES string of the molecule is Cc1cccc(-c2ncc(C(=O)NCC(C)C)c(N3CCCCC3)n2)c1. The van der Waals surface area contributed by atoms with Crippen LogP contribution in [0.2, 0.25) is 0 Å². The number of aromatic nitrogens is 2. The Kier molecular flexibility index (Phi) is 5.86. The molecule has 26 heavy (non-hydrogen) atoms. The van der Waals surface area contributed by atoms with E-state index in [2.05, 4.69) is 48.1 Å². The van der Waals surface area contributed by atoms with Gasteiger partial charge in [-0.05, 0) is 38.2 Å². The maximum absolute atomic E-state index is 12.7. The van der Waals surface area contributed by atoms with Crippen LogP contribution < -0.4 is 10.2 Å². The summed E-state index contributed by atoms with van der Waals surface area (Å²) in [4.78, 5) is 24.2. The second kappa shape index (κ2) is 8.30. The number of nitrogens with zero attached hydrogens (tertiary/aromatic N) is 3. The van der Waals surface area contributed by atoms with E-state index in [1.165, 1.54) is 12.0 Å². The molecule has 0 saturated carbocycles. The van der Waals surface area contributed by atoms with Crippen molar-refractivity contribution in [2.45, 2.75) is 40.0 Å². The second-order valence-corrected chi connectivity index (χ2v) is 7.45. The number of benzene rings is 1. The summed E-state index contributed by atoms with van der Waals surface area (Å²) in [6.07, 6.45) is 5.19. The number of aryl methyl sites for hydroxylation is 1. The van der Waals surface area contributed by atoms with E-state index in [4.69, 9.17) is 4.98 Å². The number of anilines is 1. The van der Waals surface area contributed by atoms with Crippen molar-refractivity contribution >= 4 is 11.7 Å². The first-order chi connectivity index (χ1) is 12.5. The van der Waals surface area contributed by atoms with Gasteiger partial charge in [0.15, 0.2) is 5.82 Å². The lowest BCUT2D eigenvalue weighted by Crippen LogP contribution is -2.34. The minimum absolute atomic E-state index is 0.0879. The third-order valence-corrected chi connectivity index (χ3v) is 4.62. The van der Waals surface area contributed by atoms with Crippen LogP contribution in [0.25, 0.3) is 11.4 Å². The lowest BCUT2D eigenvalue weighted by atomic mass is 10.1. The molecule has 138 valence electrons. The molecular weight excluding hydrogens is 324 g/mol. The molecule has 5 heteroatoms. The quantitative estimate of drug-likeness (QED) is 0.888. The van der Waals surface area contributed by atoms with Gasteiger partial charge in [-0.15, -0.1) is 0 Å². The van der Waals surface area contributed by atoms with E-state index in [-0.39, 0.29) is 5.91 Å². The maximum Gasteiger partial charge on any atom is 0.256 e. The zero-order chi connectivity index (χ0) is 18.5. The molecule has 2 heterocycles. The summed E-state index contributed by atoms with van der Waals surface area (Å²) in [5.41, 5.74) is 2.73. The summed E-state index contributed by atoms with van der Waals surface area (Å²) < 4.78 is 0. The van der Waals surface area contributed by atoms with E-state index >= 15 is 0 Å². The number of carbonyl (C=O) groups is 1. The van der Waals surface area contributed by atoms with Crippen LogP contribution in [0.15, 0.2) is 30.5 Å². The molecule has 1 amide bonds. The largest absolute Gasteiger partial charge is 0.356 e. The third-order valence-electron chi connectivity index (χ3n) is 4.62. The van der Waals surface area contributed by atoms with E-state index < -0.39 is 0 Å². The average Bonchev–Trinajstić information content (AvgIpc) is 2.66. The topological polar surface area (TPSA) is 58.1 Å². The van der Waals surface area contributed by atoms with E-state index in [0.29, 0.717) is 23.9 Å². The first-order valence-electron chi connectivity index (χ1n) is 9.52. The molecule has 0 spiro atoms. The normalized spacial score (nSPS) is 14.5. The summed E-state index contributed by atoms with van der Waals surface area (Å²) in [7, 11) is 0. The van der Waals surface area contributed by atoms with Crippen LogP contribution in [0.3, 0.4) is 0 Å². The van der Waals surface area contributed by atoms with Gasteiger partial charge in [-0.2, -0.15) is 0 Å². The van der Waals surface area contributed by atoms with Gasteiger partial charge in [0.2, 0.25) is 0 Å². The smallest absolute Gasteiger partial charge is 0.256 e. The summed E-state index contributed by atoms with van der Waals surface area (Å²) in [6, 6.07) is 8.16. The standard InChI is InChI=1S/C21H28N4O/c1-15(2)13-23-21(26)18-14-22-19(17-9-7-8-16(3)12-17)24-20(18)25-10-5-4-6-11-25/h7-9,12,14-15H,4-6,10-11,13H2,1-3H3,(H,23,26). The molecule has 1 aromatic carbocycles. The molecule has 0 atom stereocenters. The summed E-state index contributed by atoms with van der Waals surface area (Å²) in [5.74, 6) is 1.76. The van der Waals surface area contributed by atoms with Crippen molar-refractivity contribution in [3.63, 3.8) is 0 Å². The van der Waals surface area contributed by atoms with Crippen molar-refractivity contribution < 1.29 is 4.79 Å². The maximum atomic E-state index is 12.7. The fourth-order valence-corrected chi connectivity index (χ4v) is 3.20. The number of hydrogen-bond donors (Lipinski definition) is 1. The summed E-state index contributed by atoms with van der Waals surface area (Å²) >= 11 is 0. The molecule has 3 rings (SSSR count). The van der Waals surface area contributed by atoms with Crippen LogP contribution in [0.5, 0.6) is 0 Å². The molecule has 1 aliphatic rings. The second-order valence-electron chi connectivity index (χ2n) is 7.45. The number of carbonyl (C=O) groups excluding carboxylic acids is 1. The van der Waals surface area contributed by atoms with Gasteiger partial charge in [0.25, 0.3) is 5.91 Å². The van der Waals surface area contributed by atoms with E-state index in [0.717, 1.165) is 37.3 Å². The summed E-state index contributed by atoms with van der Waals surface area (Å²) in [6.45, 7) is 8.76. The Hall–Kier alpha value is -2.43. The van der Waals surface area contributed by atoms with Crippen molar-refractivity contribution in [3.05, 3.63) is 41.6 Å². The van der Waals surface area contributed by atoms with Gasteiger partial charge in [-0.1, -0.05) is 37.6 Å². The molecule has 1 N–H and O–H groups in total. The lowest BCUT2D eigenvalue weighted by Gasteiger charge is -2.29. The van der Waals surface area contributed by atoms with Crippen LogP contribution in [0, 0.1) is 12.8 Å². The Morgan fingerprint density at radius 3 is 2.69 bits per heavy atom. The van der Waals surface area contributed by atoms with Crippen LogP contribution in [-0.2, 0) is 0 Å². The molecule has 1 aliphatic heterocycles. The van der Waals surface area contributed by atoms with Gasteiger partial charge in [0.1, 0.15) is 11.4 Å². The number of nitrogens with one attached hydrogen (secondary N) is 1. The van der Waals surface area contributed by atoms with E-state index in [1.807, 2.05) is 12.1 Å². The molecule has 1 aromatic heterocycles. The Balaban J connectivity index is 1.96. The number of rotatable bonds is 5. The molecule has 0 aliphatic carbocycles. The fourth-order valence-electron chi connectivity index (χ4n) is 3.20. The van der Waals surface area contributed by atoms with Crippen LogP contribution in [0.4, 0.5) is 5.82 Å². The van der Waals surface area contributed by atoms with Crippen LogP contribution in [0.1, 0.15) is 49.0 Å². The van der Waals surface area contributed by atoms with Gasteiger partial charge in [0, 0.05) is 31.4 Å². The highest BCUT2D eigenvalue weighted by Crippen LogP contribution is 2.25. The minimum atomic E-state index is -0.0879. The van der Waals surface area contributed by atoms with Crippen molar-refractivity contribution in [2.75, 3.05) is 24.5 Å². The van der Waals surface area contributed by atoms with Gasteiger partial charge in [-0.25, -0.2) is 9.97 Å². The zero-order valence-electron chi connectivity index (χ0n) is 16.0. The molecule has 0 unspecified atom stereocenters. The van der Waals surface area contributed by atoms with E-state index in [1.54, 1.807) is 6.20 Å². The number of piperidine rings is 1. The third kappa shape index (κ3) is 4.40. The predicted octanol–water partition coefficient (Wildman–Crippen LogP) is 3.83. The number of hydrogen-bond acceptors (Lipinski definition) is 4. The van der Waals surface area contributed by atoms with E-state index in [9.17, 15) is 4.79 Å². The Morgan fingerprint density at radius 1 is 1.23 bits per heavy atom. The van der Waals surface area contributed by atoms with Crippen LogP contribution in [-0.4, -0.2) is 35.5 Å². The van der Waals surface area contributed by atoms with Crippen LogP contribution >= 0.6 is 0 Å². The number of amides is 1. The van der Waals surface area contributed by atoms with Crippen molar-refractivity contribution in [1.82, 2.24) is 15.3 Å². The van der Waals surface area contributed by atoms with Crippen molar-refractivity contribution in [2.24, 2.45) is 5.92 Å². The average molecular weight is 352 g/mol. The Labute approximate surface area is 155 Å². The Morgan fingerprint density at radius 2 is 2.00 bits per heavy atom. The first kappa shape index (κ1) is 18.4. The molecule has 0 radical (unpaired) electrons. The van der Waals surface area contributed by atoms with Crippen molar-refractivity contribution in [1.29, 1.82) is 0 Å². The van der Waals surface area contributed by atoms with Gasteiger partial charge in [-0.3, -0.25) is 4.79 Å². The molecular formula is C21H28N4O. The molecule has 0 bridgehead atoms. The highest BCUT2D eigenvalue weighted by molar-refractivity contribution is 5.99. The molecule has 2 aromatic rings. The molecule has 1 saturated heterocycles.